The summed E-state index contributed by atoms with van der Waals surface area (Å²) < 4.78 is 4.93. The van der Waals surface area contributed by atoms with Gasteiger partial charge >= 0.3 is 0 Å². The van der Waals surface area contributed by atoms with Crippen LogP contribution in [-0.4, -0.2) is 19.1 Å². The molecular weight excluding hydrogens is 777 g/mol. The van der Waals surface area contributed by atoms with E-state index in [1.54, 1.807) is 0 Å². The van der Waals surface area contributed by atoms with E-state index in [0.29, 0.717) is 5.82 Å². The molecule has 0 spiro atoms. The van der Waals surface area contributed by atoms with Crippen molar-refractivity contribution in [3.05, 3.63) is 230 Å². The van der Waals surface area contributed by atoms with E-state index in [9.17, 15) is 0 Å². The number of hydrogen-bond acceptors (Lipinski definition) is 2. The van der Waals surface area contributed by atoms with Gasteiger partial charge in [0.1, 0.15) is 0 Å². The van der Waals surface area contributed by atoms with Crippen LogP contribution in [0.5, 0.6) is 0 Å². The summed E-state index contributed by atoms with van der Waals surface area (Å²) in [5.41, 5.74) is 18.4. The van der Waals surface area contributed by atoms with Crippen LogP contribution in [0.25, 0.3) is 111 Å². The lowest BCUT2D eigenvalue weighted by atomic mass is 9.93. The van der Waals surface area contributed by atoms with E-state index in [4.69, 9.17) is 9.97 Å². The van der Waals surface area contributed by atoms with Crippen molar-refractivity contribution < 1.29 is 0 Å². The Labute approximate surface area is 372 Å². The van der Waals surface area contributed by atoms with Crippen LogP contribution in [0.1, 0.15) is 11.1 Å². The molecule has 64 heavy (non-hydrogen) atoms. The van der Waals surface area contributed by atoms with Gasteiger partial charge in [-0.05, 0) is 65.9 Å². The first kappa shape index (κ1) is 37.4. The Morgan fingerprint density at radius 1 is 0.344 bits per heavy atom. The van der Waals surface area contributed by atoms with Crippen molar-refractivity contribution in [2.24, 2.45) is 0 Å². The lowest BCUT2D eigenvalue weighted by molar-refractivity contribution is 1.13. The number of nitrogens with zero attached hydrogens (tertiary/aromatic N) is 4. The summed E-state index contributed by atoms with van der Waals surface area (Å²) in [4.78, 5) is 11.2. The summed E-state index contributed by atoms with van der Waals surface area (Å²) in [7, 11) is 0. The van der Waals surface area contributed by atoms with E-state index in [-0.39, 0.29) is 0 Å². The summed E-state index contributed by atoms with van der Waals surface area (Å²) in [5.74, 6) is 0.662. The van der Waals surface area contributed by atoms with Gasteiger partial charge in [-0.15, -0.1) is 0 Å². The molecule has 0 aliphatic rings. The Balaban J connectivity index is 1.23. The van der Waals surface area contributed by atoms with Crippen LogP contribution >= 0.6 is 0 Å². The van der Waals surface area contributed by atoms with E-state index >= 15 is 0 Å². The molecule has 0 radical (unpaired) electrons. The summed E-state index contributed by atoms with van der Waals surface area (Å²) >= 11 is 0. The Morgan fingerprint density at radius 2 is 0.797 bits per heavy atom. The van der Waals surface area contributed by atoms with E-state index in [1.807, 2.05) is 6.07 Å². The molecule has 9 aromatic carbocycles. The van der Waals surface area contributed by atoms with Crippen LogP contribution in [-0.2, 0) is 0 Å². The number of rotatable bonds is 7. The average Bonchev–Trinajstić information content (AvgIpc) is 3.89. The minimum atomic E-state index is 0.662. The predicted octanol–water partition coefficient (Wildman–Crippen LogP) is 15.6. The molecule has 0 saturated carbocycles. The van der Waals surface area contributed by atoms with Gasteiger partial charge in [0.05, 0.1) is 44.8 Å². The van der Waals surface area contributed by atoms with Gasteiger partial charge in [0.25, 0.3) is 0 Å². The molecule has 0 N–H and O–H groups in total. The molecule has 0 saturated heterocycles. The SMILES string of the molecule is Cc1cccc2c3ccccc3n(-c3cccc(-c4ccccc4)c3-c3cc(-c4cccc(-c5ccccc5)c4-n4c5ccccc5c5cccc(C)c54)nc(-c4ccccc4)n3)c12. The topological polar surface area (TPSA) is 35.6 Å². The third-order valence-corrected chi connectivity index (χ3v) is 12.8. The van der Waals surface area contributed by atoms with Gasteiger partial charge in [-0.3, -0.25) is 0 Å². The molecule has 0 unspecified atom stereocenters. The molecule has 3 heterocycles. The number of aryl methyl sites for hydroxylation is 2. The van der Waals surface area contributed by atoms with Crippen LogP contribution in [0, 0.1) is 13.8 Å². The van der Waals surface area contributed by atoms with Crippen LogP contribution in [0.3, 0.4) is 0 Å². The minimum Gasteiger partial charge on any atom is -0.308 e. The minimum absolute atomic E-state index is 0.662. The number of benzene rings is 9. The van der Waals surface area contributed by atoms with Crippen LogP contribution in [0.4, 0.5) is 0 Å². The van der Waals surface area contributed by atoms with E-state index in [1.165, 1.54) is 43.7 Å². The second kappa shape index (κ2) is 15.2. The summed E-state index contributed by atoms with van der Waals surface area (Å²) in [6.45, 7) is 4.43. The molecule has 0 atom stereocenters. The van der Waals surface area contributed by atoms with Crippen molar-refractivity contribution in [3.8, 4) is 67.5 Å². The van der Waals surface area contributed by atoms with Crippen molar-refractivity contribution in [2.45, 2.75) is 13.8 Å². The predicted molar refractivity (Wildman–Crippen MR) is 267 cm³/mol. The van der Waals surface area contributed by atoms with E-state index in [0.717, 1.165) is 72.7 Å². The van der Waals surface area contributed by atoms with E-state index < -0.39 is 0 Å². The largest absolute Gasteiger partial charge is 0.308 e. The van der Waals surface area contributed by atoms with Gasteiger partial charge in [0.15, 0.2) is 5.82 Å². The van der Waals surface area contributed by atoms with Gasteiger partial charge in [-0.2, -0.15) is 0 Å². The Morgan fingerprint density at radius 3 is 1.44 bits per heavy atom. The zero-order chi connectivity index (χ0) is 42.7. The fourth-order valence-corrected chi connectivity index (χ4v) is 9.99. The highest BCUT2D eigenvalue weighted by molar-refractivity contribution is 6.13. The number of para-hydroxylation sites is 5. The lowest BCUT2D eigenvalue weighted by Crippen LogP contribution is -2.05. The maximum absolute atomic E-state index is 5.59. The zero-order valence-corrected chi connectivity index (χ0v) is 35.6. The molecule has 12 aromatic rings. The smallest absolute Gasteiger partial charge is 0.160 e. The van der Waals surface area contributed by atoms with Gasteiger partial charge in [0.2, 0.25) is 0 Å². The van der Waals surface area contributed by atoms with Gasteiger partial charge in [-0.25, -0.2) is 9.97 Å². The molecular formula is C60H42N4. The summed E-state index contributed by atoms with van der Waals surface area (Å²) in [6.07, 6.45) is 0. The highest BCUT2D eigenvalue weighted by Crippen LogP contribution is 2.45. The van der Waals surface area contributed by atoms with Crippen molar-refractivity contribution >= 4 is 43.6 Å². The molecule has 0 fully saturated rings. The zero-order valence-electron chi connectivity index (χ0n) is 35.6. The Bertz CT molecular complexity index is 3730. The standard InChI is InChI=1S/C60H42N4/c1-39-20-16-32-48-46-28-12-14-35-53(46)63(57(39)48)55-37-19-30-44(41-22-6-3-7-23-41)56(55)52-38-51(61-60(62-52)43-26-10-5-11-27-43)50-34-18-31-45(42-24-8-4-9-25-42)59(50)64-54-36-15-13-29-47(54)49-33-17-21-40(2)58(49)64/h3-38H,1-2H3. The Hall–Kier alpha value is -8.34. The average molecular weight is 819 g/mol. The normalized spacial score (nSPS) is 11.6. The maximum Gasteiger partial charge on any atom is 0.160 e. The van der Waals surface area contributed by atoms with Crippen molar-refractivity contribution in [1.29, 1.82) is 0 Å². The molecule has 4 heteroatoms. The quantitative estimate of drug-likeness (QED) is 0.161. The highest BCUT2D eigenvalue weighted by Gasteiger charge is 2.25. The van der Waals surface area contributed by atoms with Crippen LogP contribution in [0.15, 0.2) is 218 Å². The van der Waals surface area contributed by atoms with Crippen molar-refractivity contribution in [1.82, 2.24) is 19.1 Å². The molecule has 0 aliphatic heterocycles. The van der Waals surface area contributed by atoms with Crippen LogP contribution in [0.2, 0.25) is 0 Å². The fraction of sp³-hybridized carbons (Fsp3) is 0.0333. The molecule has 302 valence electrons. The van der Waals surface area contributed by atoms with Crippen molar-refractivity contribution in [2.75, 3.05) is 0 Å². The maximum atomic E-state index is 5.59. The molecule has 12 rings (SSSR count). The second-order valence-electron chi connectivity index (χ2n) is 16.6. The molecule has 0 amide bonds. The van der Waals surface area contributed by atoms with Gasteiger partial charge in [-0.1, -0.05) is 194 Å². The summed E-state index contributed by atoms with van der Waals surface area (Å²) in [5, 5.41) is 4.88. The number of aromatic nitrogens is 4. The number of fused-ring (bicyclic) bond motifs is 6. The molecule has 4 nitrogen and oxygen atoms in total. The molecule has 0 aliphatic carbocycles. The fourth-order valence-electron chi connectivity index (χ4n) is 9.99. The monoisotopic (exact) mass is 818 g/mol. The highest BCUT2D eigenvalue weighted by atomic mass is 15.0. The number of hydrogen-bond donors (Lipinski definition) is 0. The van der Waals surface area contributed by atoms with Gasteiger partial charge < -0.3 is 9.13 Å². The lowest BCUT2D eigenvalue weighted by Gasteiger charge is -2.21. The summed E-state index contributed by atoms with van der Waals surface area (Å²) in [6, 6.07) is 78.2. The first-order chi connectivity index (χ1) is 31.6. The van der Waals surface area contributed by atoms with Gasteiger partial charge in [0, 0.05) is 43.8 Å². The Kier molecular flexibility index (Phi) is 8.91. The van der Waals surface area contributed by atoms with Crippen LogP contribution < -0.4 is 0 Å². The third-order valence-electron chi connectivity index (χ3n) is 12.8. The van der Waals surface area contributed by atoms with E-state index in [2.05, 4.69) is 235 Å². The molecule has 0 bridgehead atoms. The first-order valence-electron chi connectivity index (χ1n) is 21.9. The first-order valence-corrected chi connectivity index (χ1v) is 21.9. The molecule has 3 aromatic heterocycles. The second-order valence-corrected chi connectivity index (χ2v) is 16.6. The third kappa shape index (κ3) is 5.99. The van der Waals surface area contributed by atoms with Crippen molar-refractivity contribution in [3.63, 3.8) is 0 Å².